The number of nitrogens with two attached hydrogens (primary N) is 1. The van der Waals surface area contributed by atoms with E-state index in [2.05, 4.69) is 5.32 Å². The van der Waals surface area contributed by atoms with Gasteiger partial charge in [0.1, 0.15) is 12.3 Å². The lowest BCUT2D eigenvalue weighted by Gasteiger charge is -2.26. The zero-order chi connectivity index (χ0) is 11.3. The molecule has 0 radical (unpaired) electrons. The fraction of sp³-hybridized carbons (Fsp3) is 1.00. The molecule has 3 atom stereocenters. The molecule has 0 aromatic carbocycles. The summed E-state index contributed by atoms with van der Waals surface area (Å²) in [5.74, 6) is 0. The van der Waals surface area contributed by atoms with Crippen molar-refractivity contribution in [1.29, 1.82) is 0 Å². The summed E-state index contributed by atoms with van der Waals surface area (Å²) in [4.78, 5) is 0. The van der Waals surface area contributed by atoms with Crippen LogP contribution in [-0.2, 0) is 0 Å². The Morgan fingerprint density at radius 3 is 2.47 bits per heavy atom. The van der Waals surface area contributed by atoms with E-state index in [4.69, 9.17) is 5.73 Å². The third kappa shape index (κ3) is 4.07. The van der Waals surface area contributed by atoms with Gasteiger partial charge in [-0.3, -0.25) is 5.32 Å². The molecule has 0 aromatic rings. The van der Waals surface area contributed by atoms with Gasteiger partial charge in [0.2, 0.25) is 0 Å². The molecule has 0 amide bonds. The average molecular weight is 216 g/mol. The standard InChI is InChI=1S/C11H24N2O2/c1-2-5-9(12)10(14)11(15)13-8-6-3-4-7-8/h8-11,13-15H,2-7,12H2,1H3. The minimum atomic E-state index is -0.880. The highest BCUT2D eigenvalue weighted by Gasteiger charge is 2.26. The van der Waals surface area contributed by atoms with Crippen LogP contribution < -0.4 is 11.1 Å². The maximum absolute atomic E-state index is 9.74. The van der Waals surface area contributed by atoms with Crippen LogP contribution in [0.2, 0.25) is 0 Å². The van der Waals surface area contributed by atoms with E-state index in [-0.39, 0.29) is 6.04 Å². The number of rotatable bonds is 6. The molecule has 1 rings (SSSR count). The van der Waals surface area contributed by atoms with Crippen LogP contribution in [0.1, 0.15) is 45.4 Å². The van der Waals surface area contributed by atoms with E-state index in [1.807, 2.05) is 6.92 Å². The second kappa shape index (κ2) is 6.43. The van der Waals surface area contributed by atoms with Crippen LogP contribution in [0.15, 0.2) is 0 Å². The van der Waals surface area contributed by atoms with Crippen molar-refractivity contribution in [2.45, 2.75) is 69.9 Å². The van der Waals surface area contributed by atoms with Crippen LogP contribution in [0.25, 0.3) is 0 Å². The second-order valence-corrected chi connectivity index (χ2v) is 4.54. The van der Waals surface area contributed by atoms with Gasteiger partial charge in [-0.05, 0) is 19.3 Å². The summed E-state index contributed by atoms with van der Waals surface area (Å²) >= 11 is 0. The van der Waals surface area contributed by atoms with Crippen LogP contribution in [0.3, 0.4) is 0 Å². The molecule has 3 unspecified atom stereocenters. The molecule has 5 N–H and O–H groups in total. The summed E-state index contributed by atoms with van der Waals surface area (Å²) in [5, 5.41) is 22.5. The Kier molecular flexibility index (Phi) is 5.53. The maximum Gasteiger partial charge on any atom is 0.132 e. The normalized spacial score (nSPS) is 24.0. The third-order valence-electron chi connectivity index (χ3n) is 3.15. The van der Waals surface area contributed by atoms with E-state index in [0.29, 0.717) is 6.04 Å². The molecular weight excluding hydrogens is 192 g/mol. The van der Waals surface area contributed by atoms with Crippen molar-refractivity contribution in [3.63, 3.8) is 0 Å². The molecular formula is C11H24N2O2. The Bertz CT molecular complexity index is 172. The first-order chi connectivity index (χ1) is 7.15. The second-order valence-electron chi connectivity index (χ2n) is 4.54. The lowest BCUT2D eigenvalue weighted by molar-refractivity contribution is -0.0229. The van der Waals surface area contributed by atoms with Gasteiger partial charge in [0.25, 0.3) is 0 Å². The Hall–Kier alpha value is -0.160. The third-order valence-corrected chi connectivity index (χ3v) is 3.15. The van der Waals surface area contributed by atoms with Crippen molar-refractivity contribution in [3.8, 4) is 0 Å². The van der Waals surface area contributed by atoms with Gasteiger partial charge in [0, 0.05) is 12.1 Å². The van der Waals surface area contributed by atoms with Gasteiger partial charge < -0.3 is 15.9 Å². The molecule has 1 aliphatic carbocycles. The quantitative estimate of drug-likeness (QED) is 0.482. The summed E-state index contributed by atoms with van der Waals surface area (Å²) in [6, 6.07) is 0.0161. The Morgan fingerprint density at radius 1 is 1.33 bits per heavy atom. The van der Waals surface area contributed by atoms with E-state index in [1.165, 1.54) is 12.8 Å². The number of hydrogen-bond acceptors (Lipinski definition) is 4. The minimum absolute atomic E-state index is 0.334. The lowest BCUT2D eigenvalue weighted by Crippen LogP contribution is -2.52. The average Bonchev–Trinajstić information content (AvgIpc) is 2.69. The first-order valence-electron chi connectivity index (χ1n) is 6.03. The summed E-state index contributed by atoms with van der Waals surface area (Å²) < 4.78 is 0. The van der Waals surface area contributed by atoms with Gasteiger partial charge in [-0.25, -0.2) is 0 Å². The van der Waals surface area contributed by atoms with Crippen LogP contribution in [-0.4, -0.2) is 34.6 Å². The topological polar surface area (TPSA) is 78.5 Å². The zero-order valence-corrected chi connectivity index (χ0v) is 9.52. The first kappa shape index (κ1) is 12.9. The summed E-state index contributed by atoms with van der Waals surface area (Å²) in [5.41, 5.74) is 5.75. The molecule has 0 aromatic heterocycles. The van der Waals surface area contributed by atoms with Gasteiger partial charge in [-0.15, -0.1) is 0 Å². The van der Waals surface area contributed by atoms with E-state index >= 15 is 0 Å². The van der Waals surface area contributed by atoms with E-state index in [9.17, 15) is 10.2 Å². The molecule has 1 fully saturated rings. The molecule has 0 aliphatic heterocycles. The minimum Gasteiger partial charge on any atom is -0.387 e. The predicted molar refractivity (Wildman–Crippen MR) is 60.3 cm³/mol. The van der Waals surface area contributed by atoms with Crippen molar-refractivity contribution in [2.24, 2.45) is 5.73 Å². The van der Waals surface area contributed by atoms with E-state index in [1.54, 1.807) is 0 Å². The van der Waals surface area contributed by atoms with Crippen molar-refractivity contribution >= 4 is 0 Å². The van der Waals surface area contributed by atoms with Crippen LogP contribution in [0, 0.1) is 0 Å². The van der Waals surface area contributed by atoms with E-state index in [0.717, 1.165) is 25.7 Å². The highest BCUT2D eigenvalue weighted by molar-refractivity contribution is 4.81. The number of hydrogen-bond donors (Lipinski definition) is 4. The number of aliphatic hydroxyl groups excluding tert-OH is 2. The van der Waals surface area contributed by atoms with Crippen molar-refractivity contribution in [2.75, 3.05) is 0 Å². The number of aliphatic hydroxyl groups is 2. The molecule has 0 heterocycles. The molecule has 0 bridgehead atoms. The molecule has 90 valence electrons. The largest absolute Gasteiger partial charge is 0.387 e. The number of nitrogens with one attached hydrogen (secondary N) is 1. The van der Waals surface area contributed by atoms with Gasteiger partial charge in [0.15, 0.2) is 0 Å². The van der Waals surface area contributed by atoms with Gasteiger partial charge in [0.05, 0.1) is 0 Å². The molecule has 4 heteroatoms. The van der Waals surface area contributed by atoms with Crippen molar-refractivity contribution in [1.82, 2.24) is 5.32 Å². The van der Waals surface area contributed by atoms with Crippen LogP contribution in [0.5, 0.6) is 0 Å². The summed E-state index contributed by atoms with van der Waals surface area (Å²) in [6.45, 7) is 2.02. The molecule has 0 saturated heterocycles. The Balaban J connectivity index is 2.27. The van der Waals surface area contributed by atoms with Crippen LogP contribution >= 0.6 is 0 Å². The van der Waals surface area contributed by atoms with Gasteiger partial charge in [-0.2, -0.15) is 0 Å². The van der Waals surface area contributed by atoms with Gasteiger partial charge in [-0.1, -0.05) is 26.2 Å². The fourth-order valence-corrected chi connectivity index (χ4v) is 2.17. The highest BCUT2D eigenvalue weighted by atomic mass is 16.3. The zero-order valence-electron chi connectivity index (χ0n) is 9.52. The monoisotopic (exact) mass is 216 g/mol. The summed E-state index contributed by atoms with van der Waals surface area (Å²) in [6.07, 6.45) is 4.53. The first-order valence-corrected chi connectivity index (χ1v) is 6.03. The molecule has 0 spiro atoms. The molecule has 1 aliphatic rings. The van der Waals surface area contributed by atoms with Crippen LogP contribution in [0.4, 0.5) is 0 Å². The summed E-state index contributed by atoms with van der Waals surface area (Å²) in [7, 11) is 0. The van der Waals surface area contributed by atoms with Crippen molar-refractivity contribution in [3.05, 3.63) is 0 Å². The predicted octanol–water partition coefficient (Wildman–Crippen LogP) is 0.325. The Labute approximate surface area is 91.9 Å². The highest BCUT2D eigenvalue weighted by Crippen LogP contribution is 2.18. The van der Waals surface area contributed by atoms with Crippen molar-refractivity contribution < 1.29 is 10.2 Å². The molecule has 4 nitrogen and oxygen atoms in total. The fourth-order valence-electron chi connectivity index (χ4n) is 2.17. The van der Waals surface area contributed by atoms with Gasteiger partial charge >= 0.3 is 0 Å². The molecule has 1 saturated carbocycles. The maximum atomic E-state index is 9.74. The Morgan fingerprint density at radius 2 is 1.93 bits per heavy atom. The molecule has 15 heavy (non-hydrogen) atoms. The lowest BCUT2D eigenvalue weighted by atomic mass is 10.1. The smallest absolute Gasteiger partial charge is 0.132 e. The van der Waals surface area contributed by atoms with E-state index < -0.39 is 12.3 Å². The SMILES string of the molecule is CCCC(N)C(O)C(O)NC1CCCC1.